The van der Waals surface area contributed by atoms with Crippen LogP contribution in [0.4, 0.5) is 4.39 Å². The molecule has 0 amide bonds. The second-order valence-electron chi connectivity index (χ2n) is 3.52. The number of ketones is 1. The van der Waals surface area contributed by atoms with Gasteiger partial charge in [0.25, 0.3) is 0 Å². The van der Waals surface area contributed by atoms with E-state index in [4.69, 9.17) is 0 Å². The topological polar surface area (TPSA) is 47.8 Å². The maximum absolute atomic E-state index is 12.7. The van der Waals surface area contributed by atoms with Crippen molar-refractivity contribution in [3.8, 4) is 0 Å². The van der Waals surface area contributed by atoms with Crippen LogP contribution in [0.2, 0.25) is 0 Å². The van der Waals surface area contributed by atoms with Gasteiger partial charge in [0.1, 0.15) is 11.5 Å². The second kappa shape index (κ2) is 5.62. The average Bonchev–Trinajstić information content (AvgIpc) is 2.68. The number of hydrogen-bond donors (Lipinski definition) is 0. The van der Waals surface area contributed by atoms with Gasteiger partial charge in [-0.1, -0.05) is 5.21 Å². The molecule has 0 aliphatic heterocycles. The molecule has 2 aromatic rings. The Bertz CT molecular complexity index is 551. The molecule has 0 saturated heterocycles. The molecule has 0 aliphatic rings. The van der Waals surface area contributed by atoms with Crippen molar-refractivity contribution in [1.82, 2.24) is 15.0 Å². The quantitative estimate of drug-likeness (QED) is 0.639. The number of rotatable bonds is 4. The monoisotopic (exact) mass is 329 g/mol. The van der Waals surface area contributed by atoms with Gasteiger partial charge < -0.3 is 0 Å². The smallest absolute Gasteiger partial charge is 0.193 e. The van der Waals surface area contributed by atoms with E-state index in [2.05, 4.69) is 26.2 Å². The molecule has 0 radical (unpaired) electrons. The molecule has 0 N–H and O–H groups in total. The van der Waals surface area contributed by atoms with Crippen molar-refractivity contribution < 1.29 is 9.18 Å². The van der Waals surface area contributed by atoms with Crippen LogP contribution < -0.4 is 0 Å². The van der Waals surface area contributed by atoms with E-state index in [0.29, 0.717) is 10.3 Å². The number of carbonyl (C=O) groups is 1. The first-order valence-electron chi connectivity index (χ1n) is 5.04. The summed E-state index contributed by atoms with van der Waals surface area (Å²) in [5.74, 6) is -0.112. The third-order valence-electron chi connectivity index (χ3n) is 2.23. The molecule has 94 valence electrons. The van der Waals surface area contributed by atoms with Gasteiger partial charge >= 0.3 is 0 Å². The fourth-order valence-corrected chi connectivity index (χ4v) is 2.69. The lowest BCUT2D eigenvalue weighted by molar-refractivity contribution is 0.101. The summed E-state index contributed by atoms with van der Waals surface area (Å²) in [5.41, 5.74) is 0.435. The molecule has 0 spiro atoms. The average molecular weight is 330 g/mol. The van der Waals surface area contributed by atoms with Gasteiger partial charge in [0.05, 0.1) is 5.75 Å². The van der Waals surface area contributed by atoms with E-state index in [-0.39, 0.29) is 17.4 Å². The SMILES string of the molecule is Cn1nnc(Br)c1C(=O)CSc1ccc(F)cc1. The minimum absolute atomic E-state index is 0.0799. The molecule has 4 nitrogen and oxygen atoms in total. The lowest BCUT2D eigenvalue weighted by atomic mass is 10.3. The summed E-state index contributed by atoms with van der Waals surface area (Å²) in [6, 6.07) is 6.02. The molecule has 1 heterocycles. The summed E-state index contributed by atoms with van der Waals surface area (Å²) >= 11 is 4.53. The van der Waals surface area contributed by atoms with Crippen LogP contribution in [0.25, 0.3) is 0 Å². The molecule has 1 aromatic heterocycles. The normalized spacial score (nSPS) is 10.6. The molecule has 2 rings (SSSR count). The Morgan fingerprint density at radius 3 is 2.67 bits per heavy atom. The Hall–Kier alpha value is -1.21. The van der Waals surface area contributed by atoms with Gasteiger partial charge in [0.15, 0.2) is 10.4 Å². The van der Waals surface area contributed by atoms with E-state index < -0.39 is 0 Å². The number of carbonyl (C=O) groups excluding carboxylic acids is 1. The third kappa shape index (κ3) is 2.97. The largest absolute Gasteiger partial charge is 0.291 e. The molecule has 0 fully saturated rings. The summed E-state index contributed by atoms with van der Waals surface area (Å²) < 4.78 is 14.6. The molecule has 0 saturated carbocycles. The van der Waals surface area contributed by atoms with Crippen LogP contribution in [0.1, 0.15) is 10.5 Å². The molecule has 1 aromatic carbocycles. The van der Waals surface area contributed by atoms with Gasteiger partial charge in [-0.25, -0.2) is 9.07 Å². The fraction of sp³-hybridized carbons (Fsp3) is 0.182. The van der Waals surface area contributed by atoms with Crippen molar-refractivity contribution in [2.45, 2.75) is 4.90 Å². The lowest BCUT2D eigenvalue weighted by Crippen LogP contribution is -2.09. The number of benzene rings is 1. The first-order valence-corrected chi connectivity index (χ1v) is 6.82. The van der Waals surface area contributed by atoms with Crippen molar-refractivity contribution in [1.29, 1.82) is 0 Å². The standard InChI is InChI=1S/C11H9BrFN3OS/c1-16-10(11(12)14-15-16)9(17)6-18-8-4-2-7(13)3-5-8/h2-5H,6H2,1H3. The molecule has 18 heavy (non-hydrogen) atoms. The Balaban J connectivity index is 2.03. The van der Waals surface area contributed by atoms with E-state index in [1.165, 1.54) is 28.6 Å². The summed E-state index contributed by atoms with van der Waals surface area (Å²) in [6.07, 6.45) is 0. The van der Waals surface area contributed by atoms with Crippen LogP contribution in [0, 0.1) is 5.82 Å². The molecule has 0 bridgehead atoms. The number of halogens is 2. The van der Waals surface area contributed by atoms with Gasteiger partial charge in [-0.2, -0.15) is 0 Å². The molecule has 0 unspecified atom stereocenters. The van der Waals surface area contributed by atoms with Crippen LogP contribution in [-0.2, 0) is 7.05 Å². The zero-order chi connectivity index (χ0) is 13.1. The first-order chi connectivity index (χ1) is 8.58. The first kappa shape index (κ1) is 13.2. The van der Waals surface area contributed by atoms with Gasteiger partial charge in [-0.15, -0.1) is 16.9 Å². The van der Waals surface area contributed by atoms with Crippen molar-refractivity contribution in [3.63, 3.8) is 0 Å². The van der Waals surface area contributed by atoms with Gasteiger partial charge in [-0.3, -0.25) is 4.79 Å². The highest BCUT2D eigenvalue weighted by Crippen LogP contribution is 2.21. The van der Waals surface area contributed by atoms with E-state index in [9.17, 15) is 9.18 Å². The highest BCUT2D eigenvalue weighted by Gasteiger charge is 2.16. The Kier molecular flexibility index (Phi) is 4.13. The molecular weight excluding hydrogens is 321 g/mol. The third-order valence-corrected chi connectivity index (χ3v) is 3.78. The van der Waals surface area contributed by atoms with Crippen LogP contribution in [0.15, 0.2) is 33.8 Å². The van der Waals surface area contributed by atoms with E-state index in [0.717, 1.165) is 4.90 Å². The van der Waals surface area contributed by atoms with Crippen molar-refractivity contribution in [3.05, 3.63) is 40.4 Å². The predicted octanol–water partition coefficient (Wildman–Crippen LogP) is 2.69. The zero-order valence-electron chi connectivity index (χ0n) is 9.43. The Morgan fingerprint density at radius 2 is 2.11 bits per heavy atom. The molecule has 0 atom stereocenters. The number of thioether (sulfide) groups is 1. The van der Waals surface area contributed by atoms with Crippen molar-refractivity contribution in [2.24, 2.45) is 7.05 Å². The lowest BCUT2D eigenvalue weighted by Gasteiger charge is -2.02. The minimum Gasteiger partial charge on any atom is -0.291 e. The van der Waals surface area contributed by atoms with Crippen LogP contribution >= 0.6 is 27.7 Å². The molecule has 7 heteroatoms. The maximum atomic E-state index is 12.7. The minimum atomic E-state index is -0.288. The highest BCUT2D eigenvalue weighted by atomic mass is 79.9. The molecule has 0 aliphatic carbocycles. The van der Waals surface area contributed by atoms with Gasteiger partial charge in [-0.05, 0) is 40.2 Å². The Labute approximate surface area is 116 Å². The number of Topliss-reactive ketones (excluding diaryl/α,β-unsaturated/α-hetero) is 1. The number of nitrogens with zero attached hydrogens (tertiary/aromatic N) is 3. The summed E-state index contributed by atoms with van der Waals surface area (Å²) in [4.78, 5) is 12.8. The second-order valence-corrected chi connectivity index (χ2v) is 5.32. The summed E-state index contributed by atoms with van der Waals surface area (Å²) in [5, 5.41) is 7.50. The Morgan fingerprint density at radius 1 is 1.44 bits per heavy atom. The summed E-state index contributed by atoms with van der Waals surface area (Å²) in [6.45, 7) is 0. The number of aromatic nitrogens is 3. The van der Waals surface area contributed by atoms with Gasteiger partial charge in [0, 0.05) is 11.9 Å². The number of hydrogen-bond acceptors (Lipinski definition) is 4. The van der Waals surface area contributed by atoms with Crippen LogP contribution in [0.5, 0.6) is 0 Å². The van der Waals surface area contributed by atoms with E-state index in [1.807, 2.05) is 0 Å². The number of aryl methyl sites for hydroxylation is 1. The maximum Gasteiger partial charge on any atom is 0.193 e. The fourth-order valence-electron chi connectivity index (χ4n) is 1.38. The van der Waals surface area contributed by atoms with Gasteiger partial charge in [0.2, 0.25) is 0 Å². The highest BCUT2D eigenvalue weighted by molar-refractivity contribution is 9.10. The van der Waals surface area contributed by atoms with Crippen molar-refractivity contribution >= 4 is 33.5 Å². The van der Waals surface area contributed by atoms with Crippen LogP contribution in [0.3, 0.4) is 0 Å². The van der Waals surface area contributed by atoms with E-state index in [1.54, 1.807) is 19.2 Å². The zero-order valence-corrected chi connectivity index (χ0v) is 11.8. The van der Waals surface area contributed by atoms with Crippen molar-refractivity contribution in [2.75, 3.05) is 5.75 Å². The predicted molar refractivity (Wildman–Crippen MR) is 70.2 cm³/mol. The summed E-state index contributed by atoms with van der Waals surface area (Å²) in [7, 11) is 1.66. The van der Waals surface area contributed by atoms with E-state index >= 15 is 0 Å². The van der Waals surface area contributed by atoms with Crippen LogP contribution in [-0.4, -0.2) is 26.5 Å². The molecular formula is C11H9BrFN3OS.